The van der Waals surface area contributed by atoms with Crippen molar-refractivity contribution in [3.8, 4) is 0 Å². The Morgan fingerprint density at radius 3 is 2.49 bits per heavy atom. The van der Waals surface area contributed by atoms with E-state index in [-0.39, 0.29) is 31.1 Å². The standard InChI is InChI=1S/C27H42F2N4O4/c1-30-17-24(13-19-7-4-3-5-8-19)32-26(34)33-11-6-9-20(18-33)25(37-12-10-31-27(35)36-2)21-14-22(28)16-23(29)15-21/h14-16,19-20,24-25,30H,3-13,17-18H2,1-2H3,(H,31,35)(H,32,34)/t20-,24+,25?/m1/s1. The van der Waals surface area contributed by atoms with E-state index in [1.165, 1.54) is 51.3 Å². The van der Waals surface area contributed by atoms with Crippen molar-refractivity contribution in [3.05, 3.63) is 35.4 Å². The van der Waals surface area contributed by atoms with Gasteiger partial charge in [0.15, 0.2) is 0 Å². The number of ether oxygens (including phenoxy) is 2. The van der Waals surface area contributed by atoms with Gasteiger partial charge in [-0.25, -0.2) is 18.4 Å². The first-order valence-corrected chi connectivity index (χ1v) is 13.5. The minimum Gasteiger partial charge on any atom is -0.453 e. The van der Waals surface area contributed by atoms with E-state index in [2.05, 4.69) is 20.7 Å². The summed E-state index contributed by atoms with van der Waals surface area (Å²) in [4.78, 5) is 26.4. The fraction of sp³-hybridized carbons (Fsp3) is 0.704. The highest BCUT2D eigenvalue weighted by molar-refractivity contribution is 5.74. The molecule has 8 nitrogen and oxygen atoms in total. The number of methoxy groups -OCH3 is 1. The topological polar surface area (TPSA) is 91.9 Å². The maximum Gasteiger partial charge on any atom is 0.406 e. The molecule has 10 heteroatoms. The quantitative estimate of drug-likeness (QED) is 0.374. The largest absolute Gasteiger partial charge is 0.453 e. The Bertz CT molecular complexity index is 849. The number of carbonyl (C=O) groups is 2. The fourth-order valence-corrected chi connectivity index (χ4v) is 5.63. The summed E-state index contributed by atoms with van der Waals surface area (Å²) in [6.45, 7) is 2.05. The van der Waals surface area contributed by atoms with Gasteiger partial charge in [-0.1, -0.05) is 32.1 Å². The van der Waals surface area contributed by atoms with E-state index in [4.69, 9.17) is 4.74 Å². The maximum absolute atomic E-state index is 14.1. The Hall–Kier alpha value is -2.46. The van der Waals surface area contributed by atoms with Crippen molar-refractivity contribution in [2.24, 2.45) is 11.8 Å². The van der Waals surface area contributed by atoms with E-state index < -0.39 is 23.8 Å². The third-order valence-electron chi connectivity index (χ3n) is 7.36. The number of alkyl carbamates (subject to hydrolysis) is 1. The molecule has 0 spiro atoms. The van der Waals surface area contributed by atoms with E-state index >= 15 is 0 Å². The van der Waals surface area contributed by atoms with E-state index in [0.717, 1.165) is 25.3 Å². The minimum absolute atomic E-state index is 0.0507. The van der Waals surface area contributed by atoms with Crippen LogP contribution in [0.3, 0.4) is 0 Å². The molecule has 1 aliphatic heterocycles. The number of benzene rings is 1. The second-order valence-corrected chi connectivity index (χ2v) is 10.2. The van der Waals surface area contributed by atoms with Crippen molar-refractivity contribution in [1.82, 2.24) is 20.9 Å². The molecule has 1 aromatic carbocycles. The molecule has 0 radical (unpaired) electrons. The van der Waals surface area contributed by atoms with E-state index in [1.54, 1.807) is 4.90 Å². The lowest BCUT2D eigenvalue weighted by molar-refractivity contribution is -0.00897. The van der Waals surface area contributed by atoms with Gasteiger partial charge in [0.2, 0.25) is 0 Å². The van der Waals surface area contributed by atoms with Crippen molar-refractivity contribution in [2.45, 2.75) is 63.5 Å². The van der Waals surface area contributed by atoms with Gasteiger partial charge in [-0.3, -0.25) is 0 Å². The molecule has 1 aromatic rings. The normalized spacial score (nSPS) is 20.2. The highest BCUT2D eigenvalue weighted by atomic mass is 19.1. The van der Waals surface area contributed by atoms with Crippen molar-refractivity contribution in [2.75, 3.05) is 46.9 Å². The SMILES string of the molecule is CNC[C@H](CC1CCCCC1)NC(=O)N1CCC[C@@H](C(OCCNC(=O)OC)c2cc(F)cc(F)c2)C1. The maximum atomic E-state index is 14.1. The molecule has 3 rings (SSSR count). The summed E-state index contributed by atoms with van der Waals surface area (Å²) in [7, 11) is 3.17. The lowest BCUT2D eigenvalue weighted by Crippen LogP contribution is -2.52. The van der Waals surface area contributed by atoms with Gasteiger partial charge in [-0.2, -0.15) is 0 Å². The van der Waals surface area contributed by atoms with Crippen LogP contribution in [0.4, 0.5) is 18.4 Å². The first kappa shape index (κ1) is 29.1. The summed E-state index contributed by atoms with van der Waals surface area (Å²) >= 11 is 0. The van der Waals surface area contributed by atoms with Crippen molar-refractivity contribution in [3.63, 3.8) is 0 Å². The molecule has 3 N–H and O–H groups in total. The van der Waals surface area contributed by atoms with Gasteiger partial charge < -0.3 is 30.3 Å². The van der Waals surface area contributed by atoms with Crippen LogP contribution < -0.4 is 16.0 Å². The van der Waals surface area contributed by atoms with Gasteiger partial charge in [0, 0.05) is 44.2 Å². The molecule has 0 aromatic heterocycles. The second-order valence-electron chi connectivity index (χ2n) is 10.2. The van der Waals surface area contributed by atoms with Gasteiger partial charge in [0.05, 0.1) is 19.8 Å². The van der Waals surface area contributed by atoms with Crippen LogP contribution >= 0.6 is 0 Å². The summed E-state index contributed by atoms with van der Waals surface area (Å²) in [5.41, 5.74) is 0.383. The molecule has 2 fully saturated rings. The minimum atomic E-state index is -0.681. The summed E-state index contributed by atoms with van der Waals surface area (Å²) < 4.78 is 38.7. The number of carbonyl (C=O) groups excluding carboxylic acids is 2. The predicted molar refractivity (Wildman–Crippen MR) is 137 cm³/mol. The molecule has 3 atom stereocenters. The number of likely N-dealkylation sites (tertiary alicyclic amines) is 1. The Morgan fingerprint density at radius 1 is 1.08 bits per heavy atom. The number of urea groups is 1. The van der Waals surface area contributed by atoms with Crippen LogP contribution in [-0.2, 0) is 9.47 Å². The summed E-state index contributed by atoms with van der Waals surface area (Å²) in [5, 5.41) is 8.97. The first-order chi connectivity index (χ1) is 17.9. The molecule has 1 aliphatic carbocycles. The lowest BCUT2D eigenvalue weighted by atomic mass is 9.85. The summed E-state index contributed by atoms with van der Waals surface area (Å²) in [6.07, 6.45) is 7.51. The van der Waals surface area contributed by atoms with Crippen LogP contribution in [0.15, 0.2) is 18.2 Å². The van der Waals surface area contributed by atoms with Crippen LogP contribution in [0, 0.1) is 23.5 Å². The smallest absolute Gasteiger partial charge is 0.406 e. The van der Waals surface area contributed by atoms with Gasteiger partial charge in [-0.05, 0) is 49.9 Å². The zero-order valence-electron chi connectivity index (χ0n) is 22.1. The third-order valence-corrected chi connectivity index (χ3v) is 7.36. The van der Waals surface area contributed by atoms with Crippen LogP contribution in [-0.4, -0.2) is 70.0 Å². The Morgan fingerprint density at radius 2 is 1.81 bits per heavy atom. The number of nitrogens with zero attached hydrogens (tertiary/aromatic N) is 1. The molecule has 1 heterocycles. The molecule has 3 amide bonds. The van der Waals surface area contributed by atoms with E-state index in [0.29, 0.717) is 31.1 Å². The first-order valence-electron chi connectivity index (χ1n) is 13.5. The number of likely N-dealkylation sites (N-methyl/N-ethyl adjacent to an activating group) is 1. The third kappa shape index (κ3) is 9.41. The second kappa shape index (κ2) is 15.1. The average Bonchev–Trinajstić information content (AvgIpc) is 2.88. The highest BCUT2D eigenvalue weighted by Crippen LogP contribution is 2.34. The van der Waals surface area contributed by atoms with Crippen LogP contribution in [0.5, 0.6) is 0 Å². The number of hydrogen-bond acceptors (Lipinski definition) is 5. The number of nitrogens with one attached hydrogen (secondary N) is 3. The van der Waals surface area contributed by atoms with Gasteiger partial charge >= 0.3 is 12.1 Å². The van der Waals surface area contributed by atoms with E-state index in [1.807, 2.05) is 7.05 Å². The zero-order valence-corrected chi connectivity index (χ0v) is 22.1. The highest BCUT2D eigenvalue weighted by Gasteiger charge is 2.32. The molecule has 1 saturated heterocycles. The van der Waals surface area contributed by atoms with Crippen molar-refractivity contribution in [1.29, 1.82) is 0 Å². The predicted octanol–water partition coefficient (Wildman–Crippen LogP) is 4.36. The molecule has 1 saturated carbocycles. The Balaban J connectivity index is 1.65. The molecular weight excluding hydrogens is 482 g/mol. The van der Waals surface area contributed by atoms with Crippen molar-refractivity contribution < 1.29 is 27.8 Å². The molecule has 1 unspecified atom stereocenters. The monoisotopic (exact) mass is 524 g/mol. The molecular formula is C27H42F2N4O4. The fourth-order valence-electron chi connectivity index (χ4n) is 5.63. The molecule has 37 heavy (non-hydrogen) atoms. The Kier molecular flexibility index (Phi) is 11.9. The van der Waals surface area contributed by atoms with Crippen LogP contribution in [0.1, 0.15) is 63.0 Å². The lowest BCUT2D eigenvalue weighted by Gasteiger charge is -2.38. The zero-order chi connectivity index (χ0) is 26.6. The molecule has 208 valence electrons. The number of hydrogen-bond donors (Lipinski definition) is 3. The summed E-state index contributed by atoms with van der Waals surface area (Å²) in [6, 6.07) is 3.31. The number of amides is 3. The average molecular weight is 525 g/mol. The van der Waals surface area contributed by atoms with Gasteiger partial charge in [0.1, 0.15) is 11.6 Å². The number of piperidine rings is 1. The molecule has 0 bridgehead atoms. The van der Waals surface area contributed by atoms with Crippen molar-refractivity contribution >= 4 is 12.1 Å². The summed E-state index contributed by atoms with van der Waals surface area (Å²) in [5.74, 6) is -0.876. The van der Waals surface area contributed by atoms with Crippen LogP contribution in [0.2, 0.25) is 0 Å². The molecule has 2 aliphatic rings. The number of rotatable bonds is 11. The number of halogens is 2. The van der Waals surface area contributed by atoms with Crippen LogP contribution in [0.25, 0.3) is 0 Å². The van der Waals surface area contributed by atoms with Gasteiger partial charge in [0.25, 0.3) is 0 Å². The van der Waals surface area contributed by atoms with E-state index in [9.17, 15) is 18.4 Å². The Labute approximate surface area is 218 Å². The van der Waals surface area contributed by atoms with Gasteiger partial charge in [-0.15, -0.1) is 0 Å².